The summed E-state index contributed by atoms with van der Waals surface area (Å²) < 4.78 is 16.0. The quantitative estimate of drug-likeness (QED) is 0.268. The molecule has 2 aromatic carbocycles. The van der Waals surface area contributed by atoms with Crippen LogP contribution in [0.4, 0.5) is 10.7 Å². The molecule has 0 aliphatic rings. The Balaban J connectivity index is 1.85. The molecule has 0 saturated carbocycles. The second-order valence-corrected chi connectivity index (χ2v) is 7.66. The van der Waals surface area contributed by atoms with Gasteiger partial charge in [0.25, 0.3) is 11.6 Å². The lowest BCUT2D eigenvalue weighted by atomic mass is 10.0. The van der Waals surface area contributed by atoms with Gasteiger partial charge in [0.15, 0.2) is 17.6 Å². The molecule has 172 valence electrons. The number of nitro groups is 1. The minimum Gasteiger partial charge on any atom is -0.493 e. The number of hydrogen-bond acceptors (Lipinski definition) is 8. The summed E-state index contributed by atoms with van der Waals surface area (Å²) in [4.78, 5) is 36.0. The molecule has 0 aliphatic heterocycles. The molecule has 33 heavy (non-hydrogen) atoms. The van der Waals surface area contributed by atoms with Crippen molar-refractivity contribution >= 4 is 33.9 Å². The number of methoxy groups -OCH3 is 1. The number of carbonyl (C=O) groups excluding carboxylic acids is 2. The molecular weight excluding hydrogens is 448 g/mol. The lowest BCUT2D eigenvalue weighted by molar-refractivity contribution is -0.385. The molecule has 1 amide bonds. The second kappa shape index (κ2) is 10.6. The Morgan fingerprint density at radius 2 is 1.88 bits per heavy atom. The number of nitro benzene ring substituents is 1. The smallest absolute Gasteiger partial charge is 0.341 e. The van der Waals surface area contributed by atoms with E-state index in [1.54, 1.807) is 12.3 Å². The fraction of sp³-hybridized carbons (Fsp3) is 0.217. The maximum Gasteiger partial charge on any atom is 0.341 e. The van der Waals surface area contributed by atoms with Crippen molar-refractivity contribution in [3.8, 4) is 22.6 Å². The Kier molecular flexibility index (Phi) is 7.62. The number of benzene rings is 2. The van der Waals surface area contributed by atoms with Crippen molar-refractivity contribution in [2.75, 3.05) is 19.0 Å². The van der Waals surface area contributed by atoms with Gasteiger partial charge in [0.1, 0.15) is 10.6 Å². The standard InChI is InChI=1S/C23H22N2O7S/c1-4-31-23(27)20-17(15-8-6-5-7-9-15)13-33-22(20)24-21(26)14(2)32-19-12-16(25(28)29)10-11-18(19)30-3/h5-14H,4H2,1-3H3,(H,24,26). The van der Waals surface area contributed by atoms with Crippen LogP contribution in [0.3, 0.4) is 0 Å². The van der Waals surface area contributed by atoms with Gasteiger partial charge in [-0.05, 0) is 25.5 Å². The zero-order valence-corrected chi connectivity index (χ0v) is 19.0. The third kappa shape index (κ3) is 5.47. The van der Waals surface area contributed by atoms with Crippen LogP contribution in [-0.4, -0.2) is 36.6 Å². The van der Waals surface area contributed by atoms with Crippen LogP contribution in [0.1, 0.15) is 24.2 Å². The number of amides is 1. The average molecular weight is 471 g/mol. The van der Waals surface area contributed by atoms with E-state index in [-0.39, 0.29) is 29.4 Å². The van der Waals surface area contributed by atoms with Crippen molar-refractivity contribution in [1.82, 2.24) is 0 Å². The van der Waals surface area contributed by atoms with Crippen LogP contribution in [0.5, 0.6) is 11.5 Å². The van der Waals surface area contributed by atoms with Crippen molar-refractivity contribution < 1.29 is 28.7 Å². The molecular formula is C23H22N2O7S. The first kappa shape index (κ1) is 23.7. The van der Waals surface area contributed by atoms with Crippen LogP contribution in [0, 0.1) is 10.1 Å². The Bertz CT molecular complexity index is 1160. The minimum absolute atomic E-state index is 0.0520. The van der Waals surface area contributed by atoms with Gasteiger partial charge in [0.2, 0.25) is 0 Å². The monoisotopic (exact) mass is 470 g/mol. The maximum absolute atomic E-state index is 12.9. The van der Waals surface area contributed by atoms with Crippen LogP contribution in [0.25, 0.3) is 11.1 Å². The van der Waals surface area contributed by atoms with Crippen molar-refractivity contribution in [1.29, 1.82) is 0 Å². The molecule has 0 fully saturated rings. The zero-order chi connectivity index (χ0) is 24.0. The van der Waals surface area contributed by atoms with E-state index >= 15 is 0 Å². The molecule has 1 atom stereocenters. The first-order valence-corrected chi connectivity index (χ1v) is 10.9. The highest BCUT2D eigenvalue weighted by atomic mass is 32.1. The van der Waals surface area contributed by atoms with Gasteiger partial charge in [0, 0.05) is 17.0 Å². The summed E-state index contributed by atoms with van der Waals surface area (Å²) in [6, 6.07) is 13.1. The van der Waals surface area contributed by atoms with Gasteiger partial charge in [-0.25, -0.2) is 4.79 Å². The van der Waals surface area contributed by atoms with Crippen molar-refractivity contribution in [2.24, 2.45) is 0 Å². The summed E-state index contributed by atoms with van der Waals surface area (Å²) in [5.41, 5.74) is 1.50. The predicted octanol–water partition coefficient (Wildman–Crippen LogP) is 4.91. The number of carbonyl (C=O) groups is 2. The lowest BCUT2D eigenvalue weighted by Crippen LogP contribution is -2.30. The van der Waals surface area contributed by atoms with E-state index in [4.69, 9.17) is 14.2 Å². The lowest BCUT2D eigenvalue weighted by Gasteiger charge is -2.16. The number of esters is 1. The number of hydrogen-bond donors (Lipinski definition) is 1. The van der Waals surface area contributed by atoms with Gasteiger partial charge in [-0.2, -0.15) is 0 Å². The van der Waals surface area contributed by atoms with E-state index in [0.29, 0.717) is 10.6 Å². The summed E-state index contributed by atoms with van der Waals surface area (Å²) >= 11 is 1.19. The SMILES string of the molecule is CCOC(=O)c1c(-c2ccccc2)csc1NC(=O)C(C)Oc1cc([N+](=O)[O-])ccc1OC. The number of non-ortho nitro benzene ring substituents is 1. The molecule has 1 aromatic heterocycles. The van der Waals surface area contributed by atoms with Gasteiger partial charge in [-0.1, -0.05) is 30.3 Å². The van der Waals surface area contributed by atoms with Gasteiger partial charge in [-0.3, -0.25) is 14.9 Å². The van der Waals surface area contributed by atoms with E-state index in [0.717, 1.165) is 5.56 Å². The van der Waals surface area contributed by atoms with Gasteiger partial charge in [0.05, 0.1) is 24.7 Å². The molecule has 3 aromatic rings. The largest absolute Gasteiger partial charge is 0.493 e. The topological polar surface area (TPSA) is 117 Å². The molecule has 0 radical (unpaired) electrons. The minimum atomic E-state index is -1.04. The highest BCUT2D eigenvalue weighted by Crippen LogP contribution is 2.37. The molecule has 10 heteroatoms. The Morgan fingerprint density at radius 3 is 2.52 bits per heavy atom. The van der Waals surface area contributed by atoms with Crippen LogP contribution in [0.15, 0.2) is 53.9 Å². The molecule has 0 saturated heterocycles. The molecule has 1 unspecified atom stereocenters. The summed E-state index contributed by atoms with van der Waals surface area (Å²) in [6.45, 7) is 3.37. The van der Waals surface area contributed by atoms with Crippen molar-refractivity contribution in [3.05, 3.63) is 69.6 Å². The van der Waals surface area contributed by atoms with Crippen LogP contribution < -0.4 is 14.8 Å². The third-order valence-electron chi connectivity index (χ3n) is 4.62. The molecule has 0 aliphatic carbocycles. The highest BCUT2D eigenvalue weighted by Gasteiger charge is 2.25. The fourth-order valence-corrected chi connectivity index (χ4v) is 3.97. The molecule has 0 bridgehead atoms. The molecule has 1 N–H and O–H groups in total. The van der Waals surface area contributed by atoms with Crippen LogP contribution >= 0.6 is 11.3 Å². The van der Waals surface area contributed by atoms with E-state index in [9.17, 15) is 19.7 Å². The molecule has 3 rings (SSSR count). The van der Waals surface area contributed by atoms with Crippen molar-refractivity contribution in [3.63, 3.8) is 0 Å². The van der Waals surface area contributed by atoms with Crippen LogP contribution in [0.2, 0.25) is 0 Å². The maximum atomic E-state index is 12.9. The van der Waals surface area contributed by atoms with Crippen LogP contribution in [-0.2, 0) is 9.53 Å². The number of thiophene rings is 1. The van der Waals surface area contributed by atoms with E-state index < -0.39 is 22.9 Å². The molecule has 9 nitrogen and oxygen atoms in total. The van der Waals surface area contributed by atoms with E-state index in [2.05, 4.69) is 5.32 Å². The summed E-state index contributed by atoms with van der Waals surface area (Å²) in [7, 11) is 1.39. The Labute approximate surface area is 194 Å². The number of nitrogens with one attached hydrogen (secondary N) is 1. The average Bonchev–Trinajstić information content (AvgIpc) is 3.23. The molecule has 1 heterocycles. The van der Waals surface area contributed by atoms with Gasteiger partial charge in [-0.15, -0.1) is 11.3 Å². The number of rotatable bonds is 9. The Morgan fingerprint density at radius 1 is 1.15 bits per heavy atom. The summed E-state index contributed by atoms with van der Waals surface area (Å²) in [5.74, 6) is -0.802. The number of anilines is 1. The predicted molar refractivity (Wildman–Crippen MR) is 124 cm³/mol. The zero-order valence-electron chi connectivity index (χ0n) is 18.2. The summed E-state index contributed by atoms with van der Waals surface area (Å²) in [6.07, 6.45) is -1.04. The number of ether oxygens (including phenoxy) is 3. The normalized spacial score (nSPS) is 11.4. The van der Waals surface area contributed by atoms with E-state index in [1.807, 2.05) is 30.3 Å². The second-order valence-electron chi connectivity index (χ2n) is 6.78. The summed E-state index contributed by atoms with van der Waals surface area (Å²) in [5, 5.41) is 15.9. The first-order valence-electron chi connectivity index (χ1n) is 9.99. The van der Waals surface area contributed by atoms with Gasteiger partial charge >= 0.3 is 5.97 Å². The highest BCUT2D eigenvalue weighted by molar-refractivity contribution is 7.15. The van der Waals surface area contributed by atoms with Crippen molar-refractivity contribution in [2.45, 2.75) is 20.0 Å². The fourth-order valence-electron chi connectivity index (χ4n) is 3.01. The Hall–Kier alpha value is -3.92. The number of nitrogens with zero attached hydrogens (tertiary/aromatic N) is 1. The van der Waals surface area contributed by atoms with Gasteiger partial charge < -0.3 is 19.5 Å². The third-order valence-corrected chi connectivity index (χ3v) is 5.52. The van der Waals surface area contributed by atoms with E-state index in [1.165, 1.54) is 43.6 Å². The first-order chi connectivity index (χ1) is 15.8. The molecule has 0 spiro atoms.